The van der Waals surface area contributed by atoms with Crippen LogP contribution in [0.3, 0.4) is 0 Å². The van der Waals surface area contributed by atoms with E-state index in [1.54, 1.807) is 7.11 Å². The Bertz CT molecular complexity index is 318. The van der Waals surface area contributed by atoms with Crippen LogP contribution in [-0.4, -0.2) is 26.1 Å². The molecule has 4 heteroatoms. The lowest BCUT2D eigenvalue weighted by atomic mass is 10.2. The van der Waals surface area contributed by atoms with Crippen molar-refractivity contribution in [2.75, 3.05) is 31.8 Å². The minimum Gasteiger partial charge on any atom is -0.494 e. The van der Waals surface area contributed by atoms with E-state index >= 15 is 0 Å². The van der Waals surface area contributed by atoms with Crippen molar-refractivity contribution in [3.8, 4) is 5.75 Å². The fourth-order valence-electron chi connectivity index (χ4n) is 1.33. The quantitative estimate of drug-likeness (QED) is 0.588. The Balaban J connectivity index is 2.57. The number of hydrogen-bond acceptors (Lipinski definition) is 4. The van der Waals surface area contributed by atoms with Crippen molar-refractivity contribution in [2.45, 2.75) is 12.7 Å². The number of nitrogen functional groups attached to an aromatic ring is 1. The molecule has 0 aliphatic carbocycles. The Morgan fingerprint density at radius 3 is 2.88 bits per heavy atom. The van der Waals surface area contributed by atoms with E-state index in [1.165, 1.54) is 0 Å². The van der Waals surface area contributed by atoms with Gasteiger partial charge in [-0.15, -0.1) is 0 Å². The molecule has 0 heterocycles. The molecule has 3 nitrogen and oxygen atoms in total. The summed E-state index contributed by atoms with van der Waals surface area (Å²) in [4.78, 5) is 0. The molecule has 0 bridgehead atoms. The minimum atomic E-state index is 0.680. The fourth-order valence-corrected chi connectivity index (χ4v) is 2.21. The van der Waals surface area contributed by atoms with Crippen LogP contribution in [0.25, 0.3) is 0 Å². The molecule has 0 atom stereocenters. The summed E-state index contributed by atoms with van der Waals surface area (Å²) < 4.78 is 10.6. The number of anilines is 1. The normalized spacial score (nSPS) is 10.4. The molecule has 0 saturated carbocycles. The van der Waals surface area contributed by atoms with Gasteiger partial charge in [-0.05, 0) is 25.1 Å². The van der Waals surface area contributed by atoms with Crippen molar-refractivity contribution < 1.29 is 9.47 Å². The second kappa shape index (κ2) is 7.41. The third-order valence-electron chi connectivity index (χ3n) is 2.07. The largest absolute Gasteiger partial charge is 0.494 e. The molecule has 0 radical (unpaired) electrons. The number of rotatable bonds is 7. The lowest BCUT2D eigenvalue weighted by Crippen LogP contribution is -1.98. The summed E-state index contributed by atoms with van der Waals surface area (Å²) in [6, 6.07) is 5.78. The molecule has 0 unspecified atom stereocenters. The van der Waals surface area contributed by atoms with Crippen LogP contribution < -0.4 is 10.5 Å². The van der Waals surface area contributed by atoms with Gasteiger partial charge in [0.05, 0.1) is 13.2 Å². The number of methoxy groups -OCH3 is 1. The standard InChI is InChI=1S/C12H19NO2S/c1-3-15-12-5-4-11(13)8-10(12)9-16-7-6-14-2/h4-5,8H,3,6-7,9,13H2,1-2H3. The van der Waals surface area contributed by atoms with Gasteiger partial charge in [-0.2, -0.15) is 11.8 Å². The third kappa shape index (κ3) is 4.33. The van der Waals surface area contributed by atoms with Crippen LogP contribution in [0.4, 0.5) is 5.69 Å². The summed E-state index contributed by atoms with van der Waals surface area (Å²) in [6.45, 7) is 3.44. The van der Waals surface area contributed by atoms with Crippen molar-refractivity contribution >= 4 is 17.4 Å². The predicted octanol–water partition coefficient (Wildman–Crippen LogP) is 2.55. The number of benzene rings is 1. The Morgan fingerprint density at radius 2 is 2.19 bits per heavy atom. The molecule has 0 amide bonds. The zero-order valence-corrected chi connectivity index (χ0v) is 10.7. The lowest BCUT2D eigenvalue weighted by Gasteiger charge is -2.10. The van der Waals surface area contributed by atoms with Gasteiger partial charge in [0.15, 0.2) is 0 Å². The summed E-state index contributed by atoms with van der Waals surface area (Å²) in [7, 11) is 1.71. The number of thioether (sulfide) groups is 1. The van der Waals surface area contributed by atoms with Crippen molar-refractivity contribution in [1.29, 1.82) is 0 Å². The molecule has 0 aromatic heterocycles. The van der Waals surface area contributed by atoms with Gasteiger partial charge in [0.2, 0.25) is 0 Å². The maximum atomic E-state index is 5.76. The third-order valence-corrected chi connectivity index (χ3v) is 3.04. The molecule has 2 N–H and O–H groups in total. The van der Waals surface area contributed by atoms with E-state index in [0.717, 1.165) is 35.1 Å². The number of ether oxygens (including phenoxy) is 2. The van der Waals surface area contributed by atoms with Gasteiger partial charge < -0.3 is 15.2 Å². The molecule has 0 aliphatic rings. The first-order valence-corrected chi connectivity index (χ1v) is 6.51. The summed E-state index contributed by atoms with van der Waals surface area (Å²) >= 11 is 1.82. The first-order chi connectivity index (χ1) is 7.77. The Hall–Kier alpha value is -0.870. The van der Waals surface area contributed by atoms with Crippen molar-refractivity contribution in [1.82, 2.24) is 0 Å². The molecule has 1 aromatic rings. The molecule has 16 heavy (non-hydrogen) atoms. The van der Waals surface area contributed by atoms with Gasteiger partial charge >= 0.3 is 0 Å². The van der Waals surface area contributed by atoms with Crippen LogP contribution in [0.1, 0.15) is 12.5 Å². The highest BCUT2D eigenvalue weighted by molar-refractivity contribution is 7.98. The smallest absolute Gasteiger partial charge is 0.123 e. The molecular formula is C12H19NO2S. The summed E-state index contributed by atoms with van der Waals surface area (Å²) in [6.07, 6.45) is 0. The van der Waals surface area contributed by atoms with E-state index < -0.39 is 0 Å². The highest BCUT2D eigenvalue weighted by atomic mass is 32.2. The van der Waals surface area contributed by atoms with E-state index in [-0.39, 0.29) is 0 Å². The monoisotopic (exact) mass is 241 g/mol. The van der Waals surface area contributed by atoms with Gasteiger partial charge in [-0.3, -0.25) is 0 Å². The summed E-state index contributed by atoms with van der Waals surface area (Å²) in [5, 5.41) is 0. The molecule has 1 rings (SSSR count). The molecule has 90 valence electrons. The zero-order valence-electron chi connectivity index (χ0n) is 9.86. The minimum absolute atomic E-state index is 0.680. The molecule has 1 aromatic carbocycles. The second-order valence-corrected chi connectivity index (χ2v) is 4.45. The van der Waals surface area contributed by atoms with E-state index in [9.17, 15) is 0 Å². The fraction of sp³-hybridized carbons (Fsp3) is 0.500. The van der Waals surface area contributed by atoms with Gasteiger partial charge in [-0.25, -0.2) is 0 Å². The molecule has 0 saturated heterocycles. The van der Waals surface area contributed by atoms with Crippen LogP contribution in [-0.2, 0) is 10.5 Å². The zero-order chi connectivity index (χ0) is 11.8. The van der Waals surface area contributed by atoms with Crippen LogP contribution in [0.2, 0.25) is 0 Å². The van der Waals surface area contributed by atoms with Crippen LogP contribution in [0.15, 0.2) is 18.2 Å². The number of hydrogen-bond donors (Lipinski definition) is 1. The van der Waals surface area contributed by atoms with Gasteiger partial charge in [0.25, 0.3) is 0 Å². The van der Waals surface area contributed by atoms with Crippen molar-refractivity contribution in [2.24, 2.45) is 0 Å². The number of nitrogens with two attached hydrogens (primary N) is 1. The predicted molar refractivity (Wildman–Crippen MR) is 70.1 cm³/mol. The van der Waals surface area contributed by atoms with Crippen LogP contribution >= 0.6 is 11.8 Å². The van der Waals surface area contributed by atoms with Gasteiger partial charge in [0, 0.05) is 29.9 Å². The molecular weight excluding hydrogens is 222 g/mol. The molecule has 0 aliphatic heterocycles. The molecule has 0 spiro atoms. The van der Waals surface area contributed by atoms with E-state index in [2.05, 4.69) is 0 Å². The maximum absolute atomic E-state index is 5.76. The maximum Gasteiger partial charge on any atom is 0.123 e. The highest BCUT2D eigenvalue weighted by Crippen LogP contribution is 2.25. The Morgan fingerprint density at radius 1 is 1.38 bits per heavy atom. The van der Waals surface area contributed by atoms with Crippen LogP contribution in [0.5, 0.6) is 5.75 Å². The highest BCUT2D eigenvalue weighted by Gasteiger charge is 2.04. The van der Waals surface area contributed by atoms with Crippen molar-refractivity contribution in [3.63, 3.8) is 0 Å². The van der Waals surface area contributed by atoms with Crippen molar-refractivity contribution in [3.05, 3.63) is 23.8 Å². The average Bonchev–Trinajstić information content (AvgIpc) is 2.28. The Kier molecular flexibility index (Phi) is 6.11. The van der Waals surface area contributed by atoms with Gasteiger partial charge in [-0.1, -0.05) is 0 Å². The first-order valence-electron chi connectivity index (χ1n) is 5.35. The van der Waals surface area contributed by atoms with E-state index in [1.807, 2.05) is 36.9 Å². The Labute approximate surface area is 101 Å². The molecule has 0 fully saturated rings. The van der Waals surface area contributed by atoms with E-state index in [4.69, 9.17) is 15.2 Å². The SMILES string of the molecule is CCOc1ccc(N)cc1CSCCOC. The first kappa shape index (κ1) is 13.2. The lowest BCUT2D eigenvalue weighted by molar-refractivity contribution is 0.218. The summed E-state index contributed by atoms with van der Waals surface area (Å²) in [5.74, 6) is 2.82. The topological polar surface area (TPSA) is 44.5 Å². The second-order valence-electron chi connectivity index (χ2n) is 3.35. The van der Waals surface area contributed by atoms with E-state index in [0.29, 0.717) is 6.61 Å². The van der Waals surface area contributed by atoms with Crippen LogP contribution in [0, 0.1) is 0 Å². The summed E-state index contributed by atoms with van der Waals surface area (Å²) in [5.41, 5.74) is 7.70. The average molecular weight is 241 g/mol. The van der Waals surface area contributed by atoms with Gasteiger partial charge in [0.1, 0.15) is 5.75 Å².